The molecule has 0 atom stereocenters. The highest BCUT2D eigenvalue weighted by atomic mass is 32.2. The molecule has 1 aromatic heterocycles. The van der Waals surface area contributed by atoms with Crippen molar-refractivity contribution in [1.82, 2.24) is 20.2 Å². The molecule has 0 aliphatic rings. The molecule has 1 heterocycles. The topological polar surface area (TPSA) is 104 Å². The summed E-state index contributed by atoms with van der Waals surface area (Å²) in [4.78, 5) is 12.4. The lowest BCUT2D eigenvalue weighted by molar-refractivity contribution is 0.0951. The maximum Gasteiger partial charge on any atom is 0.272 e. The number of H-pyrrole nitrogens is 1. The van der Waals surface area contributed by atoms with E-state index in [9.17, 15) is 13.2 Å². The summed E-state index contributed by atoms with van der Waals surface area (Å²) >= 11 is 0. The number of benzene rings is 2. The van der Waals surface area contributed by atoms with Gasteiger partial charge in [0.1, 0.15) is 0 Å². The molecule has 0 aliphatic carbocycles. The van der Waals surface area contributed by atoms with E-state index in [1.165, 1.54) is 0 Å². The van der Waals surface area contributed by atoms with Crippen LogP contribution in [0.15, 0.2) is 53.4 Å². The maximum atomic E-state index is 12.2. The molecule has 3 rings (SSSR count). The van der Waals surface area contributed by atoms with Gasteiger partial charge in [-0.25, -0.2) is 13.1 Å². The molecule has 0 unspecified atom stereocenters. The lowest BCUT2D eigenvalue weighted by Crippen LogP contribution is -2.34. The molecule has 7 nitrogen and oxygen atoms in total. The predicted molar refractivity (Wildman–Crippen MR) is 94.8 cm³/mol. The standard InChI is InChI=1S/C17H18N4O3S/c1-12-6-8-13(9-7-12)25(23,24)19-11-10-18-17(22)16-14-4-2-3-5-15(14)20-21-16/h2-9,19H,10-11H2,1H3,(H,18,22)(H,20,21). The fourth-order valence-electron chi connectivity index (χ4n) is 2.38. The average molecular weight is 358 g/mol. The summed E-state index contributed by atoms with van der Waals surface area (Å²) in [6, 6.07) is 13.9. The summed E-state index contributed by atoms with van der Waals surface area (Å²) < 4.78 is 26.8. The zero-order valence-corrected chi connectivity index (χ0v) is 14.4. The molecule has 3 aromatic rings. The van der Waals surface area contributed by atoms with Gasteiger partial charge in [0.25, 0.3) is 5.91 Å². The van der Waals surface area contributed by atoms with E-state index < -0.39 is 10.0 Å². The van der Waals surface area contributed by atoms with Crippen LogP contribution < -0.4 is 10.0 Å². The Hall–Kier alpha value is -2.71. The monoisotopic (exact) mass is 358 g/mol. The van der Waals surface area contributed by atoms with Crippen LogP contribution in [-0.4, -0.2) is 37.6 Å². The van der Waals surface area contributed by atoms with Gasteiger partial charge >= 0.3 is 0 Å². The number of aromatic nitrogens is 2. The van der Waals surface area contributed by atoms with Crippen molar-refractivity contribution >= 4 is 26.8 Å². The summed E-state index contributed by atoms with van der Waals surface area (Å²) in [6.07, 6.45) is 0. The summed E-state index contributed by atoms with van der Waals surface area (Å²) in [7, 11) is -3.59. The number of hydrogen-bond acceptors (Lipinski definition) is 4. The molecule has 0 spiro atoms. The van der Waals surface area contributed by atoms with Crippen molar-refractivity contribution in [2.75, 3.05) is 13.1 Å². The molecule has 3 N–H and O–H groups in total. The highest BCUT2D eigenvalue weighted by molar-refractivity contribution is 7.89. The number of nitrogens with one attached hydrogen (secondary N) is 3. The van der Waals surface area contributed by atoms with Gasteiger partial charge in [0.15, 0.2) is 5.69 Å². The molecule has 0 saturated heterocycles. The number of carbonyl (C=O) groups excluding carboxylic acids is 1. The summed E-state index contributed by atoms with van der Waals surface area (Å²) in [6.45, 7) is 2.13. The first kappa shape index (κ1) is 17.1. The molecular weight excluding hydrogens is 340 g/mol. The van der Waals surface area contributed by atoms with Crippen molar-refractivity contribution in [2.45, 2.75) is 11.8 Å². The Balaban J connectivity index is 1.56. The smallest absolute Gasteiger partial charge is 0.272 e. The molecule has 0 saturated carbocycles. The SMILES string of the molecule is Cc1ccc(S(=O)(=O)NCCNC(=O)c2n[nH]c3ccccc23)cc1. The van der Waals surface area contributed by atoms with Gasteiger partial charge in [0, 0.05) is 18.5 Å². The number of para-hydroxylation sites is 1. The van der Waals surface area contributed by atoms with Crippen LogP contribution in [0.1, 0.15) is 16.1 Å². The van der Waals surface area contributed by atoms with Gasteiger partial charge in [-0.3, -0.25) is 9.89 Å². The minimum Gasteiger partial charge on any atom is -0.349 e. The van der Waals surface area contributed by atoms with Crippen LogP contribution in [0.3, 0.4) is 0 Å². The Kier molecular flexibility index (Phi) is 4.82. The van der Waals surface area contributed by atoms with Gasteiger partial charge in [-0.1, -0.05) is 35.9 Å². The second-order valence-corrected chi connectivity index (χ2v) is 7.35. The van der Waals surface area contributed by atoms with Crippen molar-refractivity contribution in [3.63, 3.8) is 0 Å². The normalized spacial score (nSPS) is 11.6. The van der Waals surface area contributed by atoms with Gasteiger partial charge in [0.05, 0.1) is 10.4 Å². The van der Waals surface area contributed by atoms with Crippen LogP contribution >= 0.6 is 0 Å². The predicted octanol–water partition coefficient (Wildman–Crippen LogP) is 1.58. The minimum atomic E-state index is -3.59. The summed E-state index contributed by atoms with van der Waals surface area (Å²) in [5.41, 5.74) is 2.04. The van der Waals surface area contributed by atoms with Crippen LogP contribution in [-0.2, 0) is 10.0 Å². The average Bonchev–Trinajstić information content (AvgIpc) is 3.03. The molecule has 2 aromatic carbocycles. The van der Waals surface area contributed by atoms with Gasteiger partial charge in [-0.05, 0) is 25.1 Å². The Morgan fingerprint density at radius 2 is 1.80 bits per heavy atom. The fourth-order valence-corrected chi connectivity index (χ4v) is 3.41. The fraction of sp³-hybridized carbons (Fsp3) is 0.176. The number of carbonyl (C=O) groups is 1. The number of nitrogens with zero attached hydrogens (tertiary/aromatic N) is 1. The highest BCUT2D eigenvalue weighted by Gasteiger charge is 2.15. The van der Waals surface area contributed by atoms with E-state index in [0.717, 1.165) is 16.5 Å². The lowest BCUT2D eigenvalue weighted by Gasteiger charge is -2.08. The van der Waals surface area contributed by atoms with Crippen molar-refractivity contribution < 1.29 is 13.2 Å². The molecular formula is C17H18N4O3S. The van der Waals surface area contributed by atoms with Crippen LogP contribution in [0.5, 0.6) is 0 Å². The molecule has 0 radical (unpaired) electrons. The third-order valence-corrected chi connectivity index (χ3v) is 5.20. The second kappa shape index (κ2) is 7.04. The maximum absolute atomic E-state index is 12.2. The van der Waals surface area contributed by atoms with Crippen LogP contribution in [0, 0.1) is 6.92 Å². The van der Waals surface area contributed by atoms with Crippen LogP contribution in [0.4, 0.5) is 0 Å². The first-order valence-corrected chi connectivity index (χ1v) is 9.23. The number of hydrogen-bond donors (Lipinski definition) is 3. The first-order chi connectivity index (χ1) is 12.0. The van der Waals surface area contributed by atoms with Crippen LogP contribution in [0.2, 0.25) is 0 Å². The zero-order chi connectivity index (χ0) is 17.9. The van der Waals surface area contributed by atoms with E-state index >= 15 is 0 Å². The molecule has 0 aliphatic heterocycles. The molecule has 0 bridgehead atoms. The van der Waals surface area contributed by atoms with Crippen molar-refractivity contribution in [1.29, 1.82) is 0 Å². The number of aryl methyl sites for hydroxylation is 1. The highest BCUT2D eigenvalue weighted by Crippen LogP contribution is 2.14. The van der Waals surface area contributed by atoms with Gasteiger partial charge in [0.2, 0.25) is 10.0 Å². The molecule has 130 valence electrons. The van der Waals surface area contributed by atoms with E-state index in [4.69, 9.17) is 0 Å². The van der Waals surface area contributed by atoms with E-state index in [2.05, 4.69) is 20.2 Å². The molecule has 0 fully saturated rings. The Bertz CT molecular complexity index is 994. The number of fused-ring (bicyclic) bond motifs is 1. The first-order valence-electron chi connectivity index (χ1n) is 7.75. The van der Waals surface area contributed by atoms with Gasteiger partial charge in [-0.2, -0.15) is 5.10 Å². The van der Waals surface area contributed by atoms with E-state index in [1.54, 1.807) is 30.3 Å². The third kappa shape index (κ3) is 3.86. The minimum absolute atomic E-state index is 0.0876. The lowest BCUT2D eigenvalue weighted by atomic mass is 10.2. The third-order valence-electron chi connectivity index (χ3n) is 3.72. The molecule has 25 heavy (non-hydrogen) atoms. The van der Waals surface area contributed by atoms with Gasteiger partial charge in [-0.15, -0.1) is 0 Å². The largest absolute Gasteiger partial charge is 0.349 e. The van der Waals surface area contributed by atoms with E-state index in [1.807, 2.05) is 25.1 Å². The molecule has 8 heteroatoms. The van der Waals surface area contributed by atoms with E-state index in [0.29, 0.717) is 0 Å². The number of aromatic amines is 1. The summed E-state index contributed by atoms with van der Waals surface area (Å²) in [5, 5.41) is 10.2. The van der Waals surface area contributed by atoms with Crippen molar-refractivity contribution in [3.05, 3.63) is 59.8 Å². The van der Waals surface area contributed by atoms with Gasteiger partial charge < -0.3 is 5.32 Å². The Morgan fingerprint density at radius 1 is 1.08 bits per heavy atom. The quantitative estimate of drug-likeness (QED) is 0.582. The zero-order valence-electron chi connectivity index (χ0n) is 13.6. The summed E-state index contributed by atoms with van der Waals surface area (Å²) in [5.74, 6) is -0.355. The van der Waals surface area contributed by atoms with Crippen molar-refractivity contribution in [2.24, 2.45) is 0 Å². The molecule has 1 amide bonds. The number of rotatable bonds is 6. The second-order valence-electron chi connectivity index (χ2n) is 5.58. The van der Waals surface area contributed by atoms with E-state index in [-0.39, 0.29) is 29.6 Å². The Labute approximate surface area is 145 Å². The number of sulfonamides is 1. The Morgan fingerprint density at radius 3 is 2.56 bits per heavy atom. The number of amides is 1. The van der Waals surface area contributed by atoms with Crippen molar-refractivity contribution in [3.8, 4) is 0 Å². The van der Waals surface area contributed by atoms with Crippen LogP contribution in [0.25, 0.3) is 10.9 Å².